The van der Waals surface area contributed by atoms with E-state index < -0.39 is 23.2 Å². The minimum absolute atomic E-state index is 0.0229. The molecule has 1 aromatic carbocycles. The van der Waals surface area contributed by atoms with Crippen LogP contribution in [0.15, 0.2) is 18.2 Å². The summed E-state index contributed by atoms with van der Waals surface area (Å²) in [6, 6.07) is 4.62. The average molecular weight is 281 g/mol. The molecule has 1 N–H and O–H groups in total. The van der Waals surface area contributed by atoms with Gasteiger partial charge < -0.3 is 10.0 Å². The van der Waals surface area contributed by atoms with E-state index in [9.17, 15) is 14.0 Å². The van der Waals surface area contributed by atoms with Crippen LogP contribution < -0.4 is 0 Å². The average Bonchev–Trinajstić information content (AvgIpc) is 2.30. The van der Waals surface area contributed by atoms with Gasteiger partial charge in [0.25, 0.3) is 5.91 Å². The molecule has 0 aliphatic carbocycles. The number of carbonyl (C=O) groups excluding carboxylic acids is 1. The van der Waals surface area contributed by atoms with Crippen LogP contribution in [0, 0.1) is 12.7 Å². The summed E-state index contributed by atoms with van der Waals surface area (Å²) in [5.41, 5.74) is -0.212. The van der Waals surface area contributed by atoms with Crippen molar-refractivity contribution in [1.29, 1.82) is 0 Å². The molecule has 0 spiro atoms. The van der Waals surface area contributed by atoms with Gasteiger partial charge in [0.05, 0.1) is 12.0 Å². The number of carboxylic acid groups (broad SMARTS) is 1. The number of carboxylic acids is 1. The molecule has 0 atom stereocenters. The molecule has 4 nitrogen and oxygen atoms in total. The van der Waals surface area contributed by atoms with E-state index in [0.717, 1.165) is 0 Å². The van der Waals surface area contributed by atoms with E-state index >= 15 is 0 Å². The van der Waals surface area contributed by atoms with Gasteiger partial charge in [-0.2, -0.15) is 0 Å². The molecule has 20 heavy (non-hydrogen) atoms. The Morgan fingerprint density at radius 3 is 2.40 bits per heavy atom. The second kappa shape index (κ2) is 6.03. The number of rotatable bonds is 4. The van der Waals surface area contributed by atoms with Crippen molar-refractivity contribution in [2.45, 2.75) is 39.7 Å². The molecular formula is C15H20FNO3. The lowest BCUT2D eigenvalue weighted by atomic mass is 10.0. The van der Waals surface area contributed by atoms with Crippen LogP contribution in [0.1, 0.15) is 43.1 Å². The summed E-state index contributed by atoms with van der Waals surface area (Å²) in [6.45, 7) is 7.01. The standard InChI is InChI=1S/C15H20FNO3/c1-10-6-5-7-11(13(10)16)14(20)17(15(2,3)4)9-8-12(18)19/h5-7H,8-9H2,1-4H3,(H,18,19). The highest BCUT2D eigenvalue weighted by molar-refractivity contribution is 5.95. The maximum atomic E-state index is 14.0. The Bertz CT molecular complexity index is 520. The Hall–Kier alpha value is -1.91. The Kier molecular flexibility index (Phi) is 4.87. The van der Waals surface area contributed by atoms with Crippen LogP contribution in [-0.4, -0.2) is 34.0 Å². The number of carbonyl (C=O) groups is 2. The van der Waals surface area contributed by atoms with Crippen LogP contribution in [0.3, 0.4) is 0 Å². The summed E-state index contributed by atoms with van der Waals surface area (Å²) in [7, 11) is 0. The molecular weight excluding hydrogens is 261 g/mol. The molecule has 0 saturated carbocycles. The molecule has 5 heteroatoms. The highest BCUT2D eigenvalue weighted by atomic mass is 19.1. The summed E-state index contributed by atoms with van der Waals surface area (Å²) < 4.78 is 14.0. The summed E-state index contributed by atoms with van der Waals surface area (Å²) in [5, 5.41) is 8.77. The summed E-state index contributed by atoms with van der Waals surface area (Å²) in [6.07, 6.45) is -0.170. The first kappa shape index (κ1) is 16.1. The Morgan fingerprint density at radius 1 is 1.30 bits per heavy atom. The molecule has 0 radical (unpaired) electrons. The lowest BCUT2D eigenvalue weighted by Gasteiger charge is -2.35. The Labute approximate surface area is 118 Å². The number of benzene rings is 1. The van der Waals surface area contributed by atoms with Crippen LogP contribution in [-0.2, 0) is 4.79 Å². The van der Waals surface area contributed by atoms with E-state index in [2.05, 4.69) is 0 Å². The first-order chi connectivity index (χ1) is 9.14. The maximum absolute atomic E-state index is 14.0. The van der Waals surface area contributed by atoms with Crippen molar-refractivity contribution >= 4 is 11.9 Å². The minimum atomic E-state index is -0.989. The third-order valence-corrected chi connectivity index (χ3v) is 3.03. The molecule has 0 saturated heterocycles. The Morgan fingerprint density at radius 2 is 1.90 bits per heavy atom. The smallest absolute Gasteiger partial charge is 0.305 e. The van der Waals surface area contributed by atoms with Gasteiger partial charge in [0, 0.05) is 12.1 Å². The van der Waals surface area contributed by atoms with Gasteiger partial charge in [0.15, 0.2) is 0 Å². The van der Waals surface area contributed by atoms with Crippen molar-refractivity contribution in [3.63, 3.8) is 0 Å². The first-order valence-electron chi connectivity index (χ1n) is 6.43. The molecule has 1 amide bonds. The molecule has 1 aromatic rings. The molecule has 0 fully saturated rings. The number of halogens is 1. The molecule has 0 aliphatic heterocycles. The van der Waals surface area contributed by atoms with Gasteiger partial charge in [0.1, 0.15) is 5.82 Å². The van der Waals surface area contributed by atoms with E-state index in [0.29, 0.717) is 5.56 Å². The van der Waals surface area contributed by atoms with Gasteiger partial charge in [-0.15, -0.1) is 0 Å². The third kappa shape index (κ3) is 3.79. The number of aryl methyl sites for hydroxylation is 1. The normalized spacial score (nSPS) is 11.2. The second-order valence-electron chi connectivity index (χ2n) is 5.71. The molecule has 110 valence electrons. The fraction of sp³-hybridized carbons (Fsp3) is 0.467. The number of hydrogen-bond acceptors (Lipinski definition) is 2. The zero-order valence-electron chi connectivity index (χ0n) is 12.2. The Balaban J connectivity index is 3.10. The minimum Gasteiger partial charge on any atom is -0.481 e. The zero-order valence-corrected chi connectivity index (χ0v) is 12.2. The van der Waals surface area contributed by atoms with Crippen molar-refractivity contribution in [3.05, 3.63) is 35.1 Å². The quantitative estimate of drug-likeness (QED) is 0.923. The van der Waals surface area contributed by atoms with Crippen molar-refractivity contribution < 1.29 is 19.1 Å². The summed E-state index contributed by atoms with van der Waals surface area (Å²) in [4.78, 5) is 24.6. The van der Waals surface area contributed by atoms with Gasteiger partial charge in [-0.25, -0.2) is 4.39 Å². The maximum Gasteiger partial charge on any atom is 0.305 e. The predicted molar refractivity (Wildman–Crippen MR) is 74.2 cm³/mol. The number of nitrogens with zero attached hydrogens (tertiary/aromatic N) is 1. The van der Waals surface area contributed by atoms with E-state index in [1.165, 1.54) is 11.0 Å². The van der Waals surface area contributed by atoms with Gasteiger partial charge in [-0.3, -0.25) is 9.59 Å². The second-order valence-corrected chi connectivity index (χ2v) is 5.71. The number of hydrogen-bond donors (Lipinski definition) is 1. The molecule has 1 rings (SSSR count). The largest absolute Gasteiger partial charge is 0.481 e. The van der Waals surface area contributed by atoms with E-state index in [-0.39, 0.29) is 18.5 Å². The fourth-order valence-electron chi connectivity index (χ4n) is 1.91. The number of amides is 1. The lowest BCUT2D eigenvalue weighted by Crippen LogP contribution is -2.47. The fourth-order valence-corrected chi connectivity index (χ4v) is 1.91. The van der Waals surface area contributed by atoms with Crippen molar-refractivity contribution in [3.8, 4) is 0 Å². The predicted octanol–water partition coefficient (Wildman–Crippen LogP) is 2.85. The molecule has 0 unspecified atom stereocenters. The highest BCUT2D eigenvalue weighted by Crippen LogP contribution is 2.20. The van der Waals surface area contributed by atoms with Crippen LogP contribution >= 0.6 is 0 Å². The third-order valence-electron chi connectivity index (χ3n) is 3.03. The number of aliphatic carboxylic acids is 1. The van der Waals surface area contributed by atoms with Gasteiger partial charge in [0.2, 0.25) is 0 Å². The van der Waals surface area contributed by atoms with Crippen LogP contribution in [0.25, 0.3) is 0 Å². The SMILES string of the molecule is Cc1cccc(C(=O)N(CCC(=O)O)C(C)(C)C)c1F. The van der Waals surface area contributed by atoms with Crippen molar-refractivity contribution in [2.75, 3.05) is 6.54 Å². The van der Waals surface area contributed by atoms with E-state index in [4.69, 9.17) is 5.11 Å². The van der Waals surface area contributed by atoms with Crippen LogP contribution in [0.2, 0.25) is 0 Å². The van der Waals surface area contributed by atoms with E-state index in [1.807, 2.05) is 0 Å². The van der Waals surface area contributed by atoms with Crippen LogP contribution in [0.4, 0.5) is 4.39 Å². The lowest BCUT2D eigenvalue weighted by molar-refractivity contribution is -0.137. The van der Waals surface area contributed by atoms with Crippen molar-refractivity contribution in [1.82, 2.24) is 4.90 Å². The van der Waals surface area contributed by atoms with E-state index in [1.54, 1.807) is 39.8 Å². The van der Waals surface area contributed by atoms with Gasteiger partial charge in [-0.1, -0.05) is 12.1 Å². The molecule has 0 bridgehead atoms. The topological polar surface area (TPSA) is 57.6 Å². The highest BCUT2D eigenvalue weighted by Gasteiger charge is 2.29. The van der Waals surface area contributed by atoms with Gasteiger partial charge in [-0.05, 0) is 39.3 Å². The van der Waals surface area contributed by atoms with Crippen LogP contribution in [0.5, 0.6) is 0 Å². The monoisotopic (exact) mass is 281 g/mol. The van der Waals surface area contributed by atoms with Gasteiger partial charge >= 0.3 is 5.97 Å². The first-order valence-corrected chi connectivity index (χ1v) is 6.43. The summed E-state index contributed by atoms with van der Waals surface area (Å²) >= 11 is 0. The molecule has 0 aromatic heterocycles. The molecule has 0 aliphatic rings. The zero-order chi connectivity index (χ0) is 15.5. The summed E-state index contributed by atoms with van der Waals surface area (Å²) in [5.74, 6) is -2.03. The molecule has 0 heterocycles. The van der Waals surface area contributed by atoms with Crippen molar-refractivity contribution in [2.24, 2.45) is 0 Å².